The van der Waals surface area contributed by atoms with Crippen molar-refractivity contribution < 1.29 is 9.59 Å². The number of hydrogen-bond donors (Lipinski definition) is 1. The van der Waals surface area contributed by atoms with E-state index < -0.39 is 11.3 Å². The van der Waals surface area contributed by atoms with Gasteiger partial charge >= 0.3 is 0 Å². The number of carbonyl (C=O) groups is 2. The van der Waals surface area contributed by atoms with E-state index in [9.17, 15) is 14.4 Å². The van der Waals surface area contributed by atoms with Crippen molar-refractivity contribution in [1.29, 1.82) is 0 Å². The second-order valence-electron chi connectivity index (χ2n) is 7.77. The van der Waals surface area contributed by atoms with Crippen LogP contribution in [0, 0.1) is 6.92 Å². The lowest BCUT2D eigenvalue weighted by Gasteiger charge is -2.16. The van der Waals surface area contributed by atoms with Crippen molar-refractivity contribution in [2.75, 3.05) is 13.1 Å². The summed E-state index contributed by atoms with van der Waals surface area (Å²) >= 11 is 5.95. The number of nitrogens with zero attached hydrogens (tertiary/aromatic N) is 3. The van der Waals surface area contributed by atoms with Crippen LogP contribution in [0.25, 0.3) is 5.69 Å². The molecule has 1 fully saturated rings. The Morgan fingerprint density at radius 2 is 1.78 bits per heavy atom. The summed E-state index contributed by atoms with van der Waals surface area (Å²) in [6.45, 7) is 3.47. The highest BCUT2D eigenvalue weighted by Crippen LogP contribution is 2.15. The molecule has 0 atom stereocenters. The summed E-state index contributed by atoms with van der Waals surface area (Å²) in [4.78, 5) is 39.6. The lowest BCUT2D eigenvalue weighted by molar-refractivity contribution is 0.0792. The Balaban J connectivity index is 1.50. The smallest absolute Gasteiger partial charge is 0.276 e. The molecule has 2 heterocycles. The Hall–Kier alpha value is -3.45. The number of nitrogens with one attached hydrogen (secondary N) is 1. The standard InChI is InChI=1S/C24H23ClN4O3/c1-16-13-21(30)22(27-29(16)20-9-7-19(25)8-10-20)23(31)26-15-17-5-4-6-18(14-17)24(32)28-11-2-3-12-28/h4-10,13-14H,2-3,11-12,15H2,1H3,(H,26,31). The number of benzene rings is 2. The maximum atomic E-state index is 12.7. The first-order chi connectivity index (χ1) is 15.4. The van der Waals surface area contributed by atoms with Crippen LogP contribution in [0.15, 0.2) is 59.4 Å². The van der Waals surface area contributed by atoms with Gasteiger partial charge in [-0.1, -0.05) is 23.7 Å². The molecule has 1 N–H and O–H groups in total. The first kappa shape index (κ1) is 21.8. The topological polar surface area (TPSA) is 84.3 Å². The molecule has 1 aliphatic heterocycles. The molecule has 3 aromatic rings. The molecule has 1 aliphatic rings. The van der Waals surface area contributed by atoms with Gasteiger partial charge in [-0.15, -0.1) is 0 Å². The molecule has 7 nitrogen and oxygen atoms in total. The third-order valence-electron chi connectivity index (χ3n) is 5.41. The van der Waals surface area contributed by atoms with Gasteiger partial charge < -0.3 is 10.2 Å². The van der Waals surface area contributed by atoms with Crippen molar-refractivity contribution in [3.63, 3.8) is 0 Å². The average molecular weight is 451 g/mol. The minimum atomic E-state index is -0.575. The molecular formula is C24H23ClN4O3. The molecule has 0 saturated carbocycles. The zero-order valence-corrected chi connectivity index (χ0v) is 18.4. The summed E-state index contributed by atoms with van der Waals surface area (Å²) in [5.74, 6) is -0.573. The Morgan fingerprint density at radius 3 is 2.50 bits per heavy atom. The van der Waals surface area contributed by atoms with Crippen molar-refractivity contribution in [3.05, 3.63) is 92.4 Å². The molecule has 0 radical (unpaired) electrons. The maximum Gasteiger partial charge on any atom is 0.276 e. The van der Waals surface area contributed by atoms with Crippen LogP contribution in [0.1, 0.15) is 44.9 Å². The lowest BCUT2D eigenvalue weighted by Crippen LogP contribution is -2.32. The van der Waals surface area contributed by atoms with Crippen LogP contribution in [0.4, 0.5) is 0 Å². The number of hydrogen-bond acceptors (Lipinski definition) is 4. The zero-order valence-electron chi connectivity index (χ0n) is 17.7. The predicted octanol–water partition coefficient (Wildman–Crippen LogP) is 3.36. The van der Waals surface area contributed by atoms with Crippen LogP contribution >= 0.6 is 11.6 Å². The Labute approximate surface area is 190 Å². The highest BCUT2D eigenvalue weighted by molar-refractivity contribution is 6.30. The number of halogens is 1. The van der Waals surface area contributed by atoms with E-state index in [0.717, 1.165) is 31.5 Å². The van der Waals surface area contributed by atoms with Gasteiger partial charge in [0.05, 0.1) is 5.69 Å². The summed E-state index contributed by atoms with van der Waals surface area (Å²) in [7, 11) is 0. The second-order valence-corrected chi connectivity index (χ2v) is 8.21. The third kappa shape index (κ3) is 4.73. The van der Waals surface area contributed by atoms with E-state index in [4.69, 9.17) is 11.6 Å². The van der Waals surface area contributed by atoms with Crippen LogP contribution in [0.3, 0.4) is 0 Å². The van der Waals surface area contributed by atoms with E-state index in [2.05, 4.69) is 10.4 Å². The minimum absolute atomic E-state index is 0.00160. The number of rotatable bonds is 5. The number of aromatic nitrogens is 2. The summed E-state index contributed by atoms with van der Waals surface area (Å²) in [6, 6.07) is 15.5. The quantitative estimate of drug-likeness (QED) is 0.646. The maximum absolute atomic E-state index is 12.7. The van der Waals surface area contributed by atoms with E-state index in [1.807, 2.05) is 11.0 Å². The van der Waals surface area contributed by atoms with E-state index in [1.165, 1.54) is 10.7 Å². The fourth-order valence-electron chi connectivity index (χ4n) is 3.73. The molecular weight excluding hydrogens is 428 g/mol. The summed E-state index contributed by atoms with van der Waals surface area (Å²) in [5.41, 5.74) is 2.00. The molecule has 4 rings (SSSR count). The van der Waals surface area contributed by atoms with Crippen LogP contribution < -0.4 is 10.7 Å². The minimum Gasteiger partial charge on any atom is -0.346 e. The Bertz CT molecular complexity index is 1210. The molecule has 32 heavy (non-hydrogen) atoms. The van der Waals surface area contributed by atoms with E-state index >= 15 is 0 Å². The molecule has 1 aromatic heterocycles. The third-order valence-corrected chi connectivity index (χ3v) is 5.67. The molecule has 0 unspecified atom stereocenters. The van der Waals surface area contributed by atoms with Gasteiger partial charge in [0.1, 0.15) is 0 Å². The second kappa shape index (κ2) is 9.36. The molecule has 164 valence electrons. The van der Waals surface area contributed by atoms with Crippen molar-refractivity contribution >= 4 is 23.4 Å². The summed E-state index contributed by atoms with van der Waals surface area (Å²) in [6.07, 6.45) is 2.05. The van der Waals surface area contributed by atoms with Crippen LogP contribution in [0.2, 0.25) is 5.02 Å². The van der Waals surface area contributed by atoms with Gasteiger partial charge in [-0.3, -0.25) is 14.4 Å². The van der Waals surface area contributed by atoms with Gasteiger partial charge in [-0.2, -0.15) is 5.10 Å². The fraction of sp³-hybridized carbons (Fsp3) is 0.250. The molecule has 0 aliphatic carbocycles. The van der Waals surface area contributed by atoms with Crippen molar-refractivity contribution in [2.45, 2.75) is 26.3 Å². The van der Waals surface area contributed by atoms with Gasteiger partial charge in [0.25, 0.3) is 11.8 Å². The molecule has 2 aromatic carbocycles. The number of likely N-dealkylation sites (tertiary alicyclic amines) is 1. The molecule has 1 saturated heterocycles. The molecule has 8 heteroatoms. The monoisotopic (exact) mass is 450 g/mol. The predicted molar refractivity (Wildman–Crippen MR) is 122 cm³/mol. The van der Waals surface area contributed by atoms with E-state index in [0.29, 0.717) is 22.0 Å². The number of aryl methyl sites for hydroxylation is 1. The van der Waals surface area contributed by atoms with Crippen molar-refractivity contribution in [1.82, 2.24) is 20.0 Å². The number of carbonyl (C=O) groups excluding carboxylic acids is 2. The number of amides is 2. The van der Waals surface area contributed by atoms with Crippen molar-refractivity contribution in [2.24, 2.45) is 0 Å². The SMILES string of the molecule is Cc1cc(=O)c(C(=O)NCc2cccc(C(=O)N3CCCC3)c2)nn1-c1ccc(Cl)cc1. The largest absolute Gasteiger partial charge is 0.346 e. The normalized spacial score (nSPS) is 13.2. The van der Waals surface area contributed by atoms with Gasteiger partial charge in [0, 0.05) is 42.0 Å². The molecule has 0 spiro atoms. The fourth-order valence-corrected chi connectivity index (χ4v) is 3.86. The highest BCUT2D eigenvalue weighted by atomic mass is 35.5. The first-order valence-electron chi connectivity index (χ1n) is 10.5. The molecule has 0 bridgehead atoms. The van der Waals surface area contributed by atoms with Gasteiger partial charge in [0.15, 0.2) is 5.69 Å². The summed E-state index contributed by atoms with van der Waals surface area (Å²) < 4.78 is 1.53. The zero-order chi connectivity index (χ0) is 22.7. The lowest BCUT2D eigenvalue weighted by atomic mass is 10.1. The van der Waals surface area contributed by atoms with Gasteiger partial charge in [-0.05, 0) is 61.7 Å². The Morgan fingerprint density at radius 1 is 1.06 bits per heavy atom. The van der Waals surface area contributed by atoms with Gasteiger partial charge in [-0.25, -0.2) is 4.68 Å². The van der Waals surface area contributed by atoms with Gasteiger partial charge in [0.2, 0.25) is 5.43 Å². The first-order valence-corrected chi connectivity index (χ1v) is 10.8. The van der Waals surface area contributed by atoms with Crippen molar-refractivity contribution in [3.8, 4) is 5.69 Å². The Kier molecular flexibility index (Phi) is 6.37. The van der Waals surface area contributed by atoms with Crippen LogP contribution in [0.5, 0.6) is 0 Å². The van der Waals surface area contributed by atoms with Crippen LogP contribution in [-0.2, 0) is 6.54 Å². The summed E-state index contributed by atoms with van der Waals surface area (Å²) in [5, 5.41) is 7.59. The molecule has 2 amide bonds. The average Bonchev–Trinajstić information content (AvgIpc) is 3.33. The highest BCUT2D eigenvalue weighted by Gasteiger charge is 2.20. The van der Waals surface area contributed by atoms with E-state index in [-0.39, 0.29) is 18.1 Å². The van der Waals surface area contributed by atoms with Crippen LogP contribution in [-0.4, -0.2) is 39.6 Å². The van der Waals surface area contributed by atoms with E-state index in [1.54, 1.807) is 49.4 Å².